The molecule has 1 aliphatic carbocycles. The van der Waals surface area contributed by atoms with Gasteiger partial charge in [-0.05, 0) is 31.6 Å². The van der Waals surface area contributed by atoms with Gasteiger partial charge in [0, 0.05) is 12.0 Å². The molecule has 4 atom stereocenters. The molecular weight excluding hydrogens is 210 g/mol. The lowest BCUT2D eigenvalue weighted by Crippen LogP contribution is -2.56. The second-order valence-electron chi connectivity index (χ2n) is 6.31. The first-order valence-corrected chi connectivity index (χ1v) is 7.36. The van der Waals surface area contributed by atoms with Crippen LogP contribution in [0.25, 0.3) is 0 Å². The average molecular weight is 241 g/mol. The molecule has 1 rings (SSSR count). The predicted molar refractivity (Wildman–Crippen MR) is 73.8 cm³/mol. The van der Waals surface area contributed by atoms with E-state index in [0.717, 1.165) is 25.2 Å². The molecule has 0 saturated heterocycles. The summed E-state index contributed by atoms with van der Waals surface area (Å²) in [5, 5.41) is 11.0. The molecule has 3 N–H and O–H groups in total. The van der Waals surface area contributed by atoms with Gasteiger partial charge in [-0.3, -0.25) is 0 Å². The Kier molecular flexibility index (Phi) is 5.03. The van der Waals surface area contributed by atoms with Crippen molar-refractivity contribution in [2.24, 2.45) is 23.0 Å². The quantitative estimate of drug-likeness (QED) is 0.775. The summed E-state index contributed by atoms with van der Waals surface area (Å²) in [4.78, 5) is 0. The van der Waals surface area contributed by atoms with Crippen LogP contribution >= 0.6 is 0 Å². The summed E-state index contributed by atoms with van der Waals surface area (Å²) in [7, 11) is 0. The van der Waals surface area contributed by atoms with E-state index in [2.05, 4.69) is 20.8 Å². The van der Waals surface area contributed by atoms with E-state index >= 15 is 0 Å². The Morgan fingerprint density at radius 1 is 1.47 bits per heavy atom. The molecule has 1 aliphatic rings. The second-order valence-corrected chi connectivity index (χ2v) is 6.31. The van der Waals surface area contributed by atoms with Gasteiger partial charge in [0.2, 0.25) is 0 Å². The average Bonchev–Trinajstić information content (AvgIpc) is 2.37. The van der Waals surface area contributed by atoms with Crippen molar-refractivity contribution in [3.05, 3.63) is 0 Å². The van der Waals surface area contributed by atoms with Gasteiger partial charge in [-0.1, -0.05) is 46.5 Å². The van der Waals surface area contributed by atoms with Gasteiger partial charge >= 0.3 is 0 Å². The van der Waals surface area contributed by atoms with Crippen molar-refractivity contribution in [1.82, 2.24) is 0 Å². The molecule has 0 bridgehead atoms. The zero-order chi connectivity index (χ0) is 13.1. The van der Waals surface area contributed by atoms with Crippen LogP contribution in [0, 0.1) is 17.3 Å². The molecule has 17 heavy (non-hydrogen) atoms. The van der Waals surface area contributed by atoms with Crippen molar-refractivity contribution in [3.8, 4) is 0 Å². The fourth-order valence-corrected chi connectivity index (χ4v) is 3.61. The molecule has 4 unspecified atom stereocenters. The van der Waals surface area contributed by atoms with Crippen LogP contribution in [-0.2, 0) is 0 Å². The maximum absolute atomic E-state index is 11.0. The zero-order valence-electron chi connectivity index (χ0n) is 12.1. The van der Waals surface area contributed by atoms with Crippen LogP contribution in [0.15, 0.2) is 0 Å². The first-order valence-electron chi connectivity index (χ1n) is 7.36. The van der Waals surface area contributed by atoms with Gasteiger partial charge in [-0.25, -0.2) is 0 Å². The Labute approximate surface area is 107 Å². The van der Waals surface area contributed by atoms with E-state index in [-0.39, 0.29) is 5.41 Å². The summed E-state index contributed by atoms with van der Waals surface area (Å²) in [6.07, 6.45) is 6.98. The Hall–Kier alpha value is -0.0800. The molecule has 2 heteroatoms. The summed E-state index contributed by atoms with van der Waals surface area (Å²) >= 11 is 0. The fraction of sp³-hybridized carbons (Fsp3) is 1.00. The van der Waals surface area contributed by atoms with Crippen molar-refractivity contribution in [3.63, 3.8) is 0 Å². The van der Waals surface area contributed by atoms with Crippen molar-refractivity contribution in [2.45, 2.75) is 71.8 Å². The molecule has 0 aromatic rings. The Bertz CT molecular complexity index is 239. The molecule has 0 aromatic carbocycles. The molecule has 1 saturated carbocycles. The molecule has 2 nitrogen and oxygen atoms in total. The standard InChI is InChI=1S/C15H31NO/c1-5-12(3)14(4,17)15(11-16)9-7-8-13(6-2)10-15/h12-13,17H,5-11,16H2,1-4H3. The first kappa shape index (κ1) is 15.0. The number of hydrogen-bond donors (Lipinski definition) is 2. The SMILES string of the molecule is CCC1CCCC(CN)(C(C)(O)C(C)CC)C1. The number of hydrogen-bond acceptors (Lipinski definition) is 2. The molecule has 1 fully saturated rings. The predicted octanol–water partition coefficient (Wildman–Crippen LogP) is 3.33. The van der Waals surface area contributed by atoms with E-state index in [9.17, 15) is 5.11 Å². The highest BCUT2D eigenvalue weighted by molar-refractivity contribution is 5.02. The monoisotopic (exact) mass is 241 g/mol. The van der Waals surface area contributed by atoms with Crippen molar-refractivity contribution < 1.29 is 5.11 Å². The van der Waals surface area contributed by atoms with Gasteiger partial charge in [-0.2, -0.15) is 0 Å². The van der Waals surface area contributed by atoms with Gasteiger partial charge < -0.3 is 10.8 Å². The zero-order valence-corrected chi connectivity index (χ0v) is 12.1. The largest absolute Gasteiger partial charge is 0.389 e. The first-order chi connectivity index (χ1) is 7.93. The molecule has 0 radical (unpaired) electrons. The molecule has 0 amide bonds. The van der Waals surface area contributed by atoms with Crippen LogP contribution < -0.4 is 5.73 Å². The van der Waals surface area contributed by atoms with Crippen LogP contribution in [0.2, 0.25) is 0 Å². The van der Waals surface area contributed by atoms with Crippen LogP contribution in [0.5, 0.6) is 0 Å². The fourth-order valence-electron chi connectivity index (χ4n) is 3.61. The highest BCUT2D eigenvalue weighted by Crippen LogP contribution is 2.50. The highest BCUT2D eigenvalue weighted by atomic mass is 16.3. The third kappa shape index (κ3) is 2.68. The minimum atomic E-state index is -0.621. The van der Waals surface area contributed by atoms with E-state index in [1.54, 1.807) is 0 Å². The Balaban J connectivity index is 2.93. The summed E-state index contributed by atoms with van der Waals surface area (Å²) in [5.41, 5.74) is 5.40. The second kappa shape index (κ2) is 5.71. The molecule has 0 heterocycles. The van der Waals surface area contributed by atoms with Crippen LogP contribution in [0.1, 0.15) is 66.2 Å². The van der Waals surface area contributed by atoms with E-state index in [4.69, 9.17) is 5.73 Å². The van der Waals surface area contributed by atoms with Gasteiger partial charge in [0.15, 0.2) is 0 Å². The molecule has 0 spiro atoms. The van der Waals surface area contributed by atoms with E-state index in [1.807, 2.05) is 6.92 Å². The highest BCUT2D eigenvalue weighted by Gasteiger charge is 2.50. The third-order valence-electron chi connectivity index (χ3n) is 5.56. The van der Waals surface area contributed by atoms with Crippen LogP contribution in [0.3, 0.4) is 0 Å². The lowest BCUT2D eigenvalue weighted by Gasteiger charge is -2.52. The molecule has 0 aromatic heterocycles. The molecular formula is C15H31NO. The van der Waals surface area contributed by atoms with E-state index < -0.39 is 5.60 Å². The van der Waals surface area contributed by atoms with Crippen molar-refractivity contribution in [1.29, 1.82) is 0 Å². The van der Waals surface area contributed by atoms with Crippen LogP contribution in [0.4, 0.5) is 0 Å². The lowest BCUT2D eigenvalue weighted by molar-refractivity contribution is -0.130. The van der Waals surface area contributed by atoms with Crippen molar-refractivity contribution in [2.75, 3.05) is 6.54 Å². The van der Waals surface area contributed by atoms with Crippen LogP contribution in [-0.4, -0.2) is 17.3 Å². The Morgan fingerprint density at radius 2 is 2.12 bits per heavy atom. The van der Waals surface area contributed by atoms with Gasteiger partial charge in [0.25, 0.3) is 0 Å². The van der Waals surface area contributed by atoms with Gasteiger partial charge in [0.1, 0.15) is 0 Å². The number of rotatable bonds is 5. The summed E-state index contributed by atoms with van der Waals surface area (Å²) in [5.74, 6) is 1.07. The molecule has 102 valence electrons. The number of nitrogens with two attached hydrogens (primary N) is 1. The lowest BCUT2D eigenvalue weighted by atomic mass is 9.57. The Morgan fingerprint density at radius 3 is 2.59 bits per heavy atom. The smallest absolute Gasteiger partial charge is 0.0713 e. The maximum Gasteiger partial charge on any atom is 0.0713 e. The van der Waals surface area contributed by atoms with Gasteiger partial charge in [-0.15, -0.1) is 0 Å². The van der Waals surface area contributed by atoms with E-state index in [0.29, 0.717) is 12.5 Å². The van der Waals surface area contributed by atoms with Crippen molar-refractivity contribution >= 4 is 0 Å². The minimum Gasteiger partial charge on any atom is -0.389 e. The maximum atomic E-state index is 11.0. The summed E-state index contributed by atoms with van der Waals surface area (Å²) in [6, 6.07) is 0. The topological polar surface area (TPSA) is 46.2 Å². The van der Waals surface area contributed by atoms with Gasteiger partial charge in [0.05, 0.1) is 5.60 Å². The molecule has 0 aliphatic heterocycles. The number of aliphatic hydroxyl groups is 1. The normalized spacial score (nSPS) is 35.3. The summed E-state index contributed by atoms with van der Waals surface area (Å²) < 4.78 is 0. The minimum absolute atomic E-state index is 0.0542. The third-order valence-corrected chi connectivity index (χ3v) is 5.56. The summed E-state index contributed by atoms with van der Waals surface area (Å²) in [6.45, 7) is 9.22. The van der Waals surface area contributed by atoms with E-state index in [1.165, 1.54) is 19.3 Å².